The summed E-state index contributed by atoms with van der Waals surface area (Å²) < 4.78 is 0. The van der Waals surface area contributed by atoms with Crippen LogP contribution in [0.5, 0.6) is 0 Å². The third kappa shape index (κ3) is 4.80. The van der Waals surface area contributed by atoms with Crippen LogP contribution >= 0.6 is 11.6 Å². The first kappa shape index (κ1) is 15.4. The van der Waals surface area contributed by atoms with Gasteiger partial charge in [0.25, 0.3) is 0 Å². The summed E-state index contributed by atoms with van der Waals surface area (Å²) in [6, 6.07) is 15.7. The molecule has 0 bridgehead atoms. The van der Waals surface area contributed by atoms with Crippen LogP contribution in [0.1, 0.15) is 18.1 Å². The molecule has 2 N–H and O–H groups in total. The molecule has 0 aliphatic heterocycles. The van der Waals surface area contributed by atoms with Crippen molar-refractivity contribution in [2.75, 3.05) is 11.9 Å². The Labute approximate surface area is 130 Å². The molecule has 0 unspecified atom stereocenters. The van der Waals surface area contributed by atoms with Crippen LogP contribution in [0.3, 0.4) is 0 Å². The molecule has 1 amide bonds. The summed E-state index contributed by atoms with van der Waals surface area (Å²) in [7, 11) is 0. The summed E-state index contributed by atoms with van der Waals surface area (Å²) >= 11 is 6.12. The molecule has 2 rings (SSSR count). The zero-order valence-corrected chi connectivity index (χ0v) is 12.8. The molecule has 0 aromatic heterocycles. The van der Waals surface area contributed by atoms with Crippen molar-refractivity contribution < 1.29 is 4.79 Å². The van der Waals surface area contributed by atoms with E-state index in [1.54, 1.807) is 0 Å². The minimum absolute atomic E-state index is 0.0503. The van der Waals surface area contributed by atoms with Crippen LogP contribution in [-0.2, 0) is 17.8 Å². The van der Waals surface area contributed by atoms with Gasteiger partial charge in [0, 0.05) is 23.8 Å². The van der Waals surface area contributed by atoms with Crippen LogP contribution in [0.2, 0.25) is 5.02 Å². The molecular weight excluding hydrogens is 284 g/mol. The highest BCUT2D eigenvalue weighted by molar-refractivity contribution is 6.31. The molecule has 0 aliphatic carbocycles. The van der Waals surface area contributed by atoms with Gasteiger partial charge in [0.15, 0.2) is 0 Å². The summed E-state index contributed by atoms with van der Waals surface area (Å²) in [6.45, 7) is 3.26. The Bertz CT molecular complexity index is 596. The van der Waals surface area contributed by atoms with Crippen LogP contribution in [0.4, 0.5) is 5.69 Å². The minimum atomic E-state index is 0.0503. The Morgan fingerprint density at radius 1 is 1.10 bits per heavy atom. The van der Waals surface area contributed by atoms with E-state index in [1.165, 1.54) is 0 Å². The molecule has 0 heterocycles. The van der Waals surface area contributed by atoms with Crippen molar-refractivity contribution in [3.63, 3.8) is 0 Å². The molecule has 0 radical (unpaired) electrons. The van der Waals surface area contributed by atoms with Gasteiger partial charge in [-0.05, 0) is 36.2 Å². The summed E-state index contributed by atoms with van der Waals surface area (Å²) in [5.74, 6) is 0.0503. The second-order valence-corrected chi connectivity index (χ2v) is 5.18. The van der Waals surface area contributed by atoms with E-state index in [-0.39, 0.29) is 5.91 Å². The predicted molar refractivity (Wildman–Crippen MR) is 87.6 cm³/mol. The van der Waals surface area contributed by atoms with E-state index in [4.69, 9.17) is 11.6 Å². The number of carbonyl (C=O) groups excluding carboxylic acids is 1. The molecule has 0 spiro atoms. The molecule has 0 saturated heterocycles. The van der Waals surface area contributed by atoms with Crippen LogP contribution in [0.15, 0.2) is 48.5 Å². The van der Waals surface area contributed by atoms with E-state index in [9.17, 15) is 4.79 Å². The van der Waals surface area contributed by atoms with Gasteiger partial charge < -0.3 is 10.6 Å². The van der Waals surface area contributed by atoms with Gasteiger partial charge in [0.05, 0.1) is 6.42 Å². The summed E-state index contributed by atoms with van der Waals surface area (Å²) in [6.07, 6.45) is 0.415. The third-order valence-corrected chi connectivity index (χ3v) is 3.50. The van der Waals surface area contributed by atoms with Crippen LogP contribution in [0, 0.1) is 0 Å². The maximum Gasteiger partial charge on any atom is 0.224 e. The normalized spacial score (nSPS) is 10.2. The Kier molecular flexibility index (Phi) is 5.64. The number of carbonyl (C=O) groups is 1. The van der Waals surface area contributed by atoms with Crippen molar-refractivity contribution >= 4 is 23.2 Å². The van der Waals surface area contributed by atoms with Gasteiger partial charge in [-0.15, -0.1) is 0 Å². The van der Waals surface area contributed by atoms with Gasteiger partial charge in [0.1, 0.15) is 0 Å². The number of hydrogen-bond donors (Lipinski definition) is 2. The average molecular weight is 303 g/mol. The maximum absolute atomic E-state index is 11.5. The monoisotopic (exact) mass is 302 g/mol. The summed E-state index contributed by atoms with van der Waals surface area (Å²) in [5, 5.41) is 6.88. The molecule has 110 valence electrons. The van der Waals surface area contributed by atoms with Gasteiger partial charge in [-0.1, -0.05) is 41.9 Å². The lowest BCUT2D eigenvalue weighted by molar-refractivity contribution is -0.120. The summed E-state index contributed by atoms with van der Waals surface area (Å²) in [4.78, 5) is 11.5. The lowest BCUT2D eigenvalue weighted by Crippen LogP contribution is -2.24. The topological polar surface area (TPSA) is 41.1 Å². The SMILES string of the molecule is CCNC(=O)Cc1ccc(NCc2ccccc2Cl)cc1. The Morgan fingerprint density at radius 3 is 2.48 bits per heavy atom. The molecule has 0 fully saturated rings. The predicted octanol–water partition coefficient (Wildman–Crippen LogP) is 3.63. The lowest BCUT2D eigenvalue weighted by Gasteiger charge is -2.09. The fourth-order valence-electron chi connectivity index (χ4n) is 2.02. The highest BCUT2D eigenvalue weighted by atomic mass is 35.5. The second-order valence-electron chi connectivity index (χ2n) is 4.77. The van der Waals surface area contributed by atoms with E-state index in [2.05, 4.69) is 10.6 Å². The summed E-state index contributed by atoms with van der Waals surface area (Å²) in [5.41, 5.74) is 3.07. The van der Waals surface area contributed by atoms with Crippen molar-refractivity contribution in [2.24, 2.45) is 0 Å². The van der Waals surface area contributed by atoms with Gasteiger partial charge in [0.2, 0.25) is 5.91 Å². The largest absolute Gasteiger partial charge is 0.381 e. The van der Waals surface area contributed by atoms with Crippen molar-refractivity contribution in [1.29, 1.82) is 0 Å². The molecule has 0 aliphatic rings. The van der Waals surface area contributed by atoms with Crippen LogP contribution in [-0.4, -0.2) is 12.5 Å². The van der Waals surface area contributed by atoms with Crippen molar-refractivity contribution in [2.45, 2.75) is 19.9 Å². The smallest absolute Gasteiger partial charge is 0.224 e. The zero-order valence-electron chi connectivity index (χ0n) is 12.0. The van der Waals surface area contributed by atoms with E-state index >= 15 is 0 Å². The van der Waals surface area contributed by atoms with Gasteiger partial charge >= 0.3 is 0 Å². The fraction of sp³-hybridized carbons (Fsp3) is 0.235. The third-order valence-electron chi connectivity index (χ3n) is 3.13. The highest BCUT2D eigenvalue weighted by Gasteiger charge is 2.02. The van der Waals surface area contributed by atoms with Gasteiger partial charge in [-0.2, -0.15) is 0 Å². The number of benzene rings is 2. The number of halogens is 1. The number of rotatable bonds is 6. The molecule has 4 heteroatoms. The van der Waals surface area contributed by atoms with E-state index in [0.29, 0.717) is 19.5 Å². The van der Waals surface area contributed by atoms with Crippen LogP contribution in [0.25, 0.3) is 0 Å². The first-order valence-corrected chi connectivity index (χ1v) is 7.39. The lowest BCUT2D eigenvalue weighted by atomic mass is 10.1. The Hall–Kier alpha value is -2.00. The standard InChI is InChI=1S/C17H19ClN2O/c1-2-19-17(21)11-13-7-9-15(10-8-13)20-12-14-5-3-4-6-16(14)18/h3-10,20H,2,11-12H2,1H3,(H,19,21). The quantitative estimate of drug-likeness (QED) is 0.855. The van der Waals surface area contributed by atoms with Crippen LogP contribution < -0.4 is 10.6 Å². The number of hydrogen-bond acceptors (Lipinski definition) is 2. The van der Waals surface area contributed by atoms with Crippen molar-refractivity contribution in [1.82, 2.24) is 5.32 Å². The van der Waals surface area contributed by atoms with Gasteiger partial charge in [-0.3, -0.25) is 4.79 Å². The fourth-order valence-corrected chi connectivity index (χ4v) is 2.23. The van der Waals surface area contributed by atoms with E-state index < -0.39 is 0 Å². The van der Waals surface area contributed by atoms with Crippen molar-refractivity contribution in [3.05, 3.63) is 64.7 Å². The number of amides is 1. The minimum Gasteiger partial charge on any atom is -0.381 e. The molecule has 0 saturated carbocycles. The van der Waals surface area contributed by atoms with Gasteiger partial charge in [-0.25, -0.2) is 0 Å². The number of likely N-dealkylation sites (N-methyl/N-ethyl adjacent to an activating group) is 1. The Balaban J connectivity index is 1.91. The molecule has 0 atom stereocenters. The van der Waals surface area contributed by atoms with E-state index in [1.807, 2.05) is 55.5 Å². The Morgan fingerprint density at radius 2 is 1.81 bits per heavy atom. The molecule has 2 aromatic carbocycles. The first-order valence-electron chi connectivity index (χ1n) is 7.02. The molecule has 21 heavy (non-hydrogen) atoms. The van der Waals surface area contributed by atoms with Crippen molar-refractivity contribution in [3.8, 4) is 0 Å². The molecular formula is C17H19ClN2O. The zero-order chi connectivity index (χ0) is 15.1. The number of nitrogens with one attached hydrogen (secondary N) is 2. The highest BCUT2D eigenvalue weighted by Crippen LogP contribution is 2.17. The average Bonchev–Trinajstić information content (AvgIpc) is 2.48. The first-order chi connectivity index (χ1) is 10.2. The van der Waals surface area contributed by atoms with E-state index in [0.717, 1.165) is 21.8 Å². The number of anilines is 1. The maximum atomic E-state index is 11.5. The second kappa shape index (κ2) is 7.70. The molecule has 3 nitrogen and oxygen atoms in total. The molecule has 2 aromatic rings.